The molecule has 3 rings (SSSR count). The van der Waals surface area contributed by atoms with Gasteiger partial charge in [-0.2, -0.15) is 0 Å². The van der Waals surface area contributed by atoms with Crippen LogP contribution in [0, 0.1) is 23.2 Å². The summed E-state index contributed by atoms with van der Waals surface area (Å²) in [6.45, 7) is 7.93. The van der Waals surface area contributed by atoms with E-state index in [4.69, 9.17) is 0 Å². The highest BCUT2D eigenvalue weighted by Crippen LogP contribution is 2.48. The van der Waals surface area contributed by atoms with Gasteiger partial charge in [0.1, 0.15) is 5.78 Å². The number of carbonyl (C=O) groups excluding carboxylic acids is 1. The van der Waals surface area contributed by atoms with E-state index < -0.39 is 0 Å². The van der Waals surface area contributed by atoms with E-state index in [1.54, 1.807) is 0 Å². The van der Waals surface area contributed by atoms with Gasteiger partial charge in [0, 0.05) is 11.3 Å². The van der Waals surface area contributed by atoms with Gasteiger partial charge in [0.25, 0.3) is 0 Å². The fourth-order valence-electron chi connectivity index (χ4n) is 2.59. The van der Waals surface area contributed by atoms with E-state index in [2.05, 4.69) is 32.6 Å². The molecule has 0 N–H and O–H groups in total. The van der Waals surface area contributed by atoms with E-state index in [9.17, 15) is 4.79 Å². The number of fused-ring (bicyclic) bond motifs is 2. The average molecular weight is 176 g/mol. The van der Waals surface area contributed by atoms with E-state index in [-0.39, 0.29) is 11.3 Å². The summed E-state index contributed by atoms with van der Waals surface area (Å²) in [5, 5.41) is 0. The van der Waals surface area contributed by atoms with Crippen molar-refractivity contribution < 1.29 is 4.79 Å². The standard InChI is InChI=1S/C12H16O/c1-4-8-7-9-5-6-10(8)11(13)12(9,2)3/h4-6,8-10H,1,7H2,2-3H3/t8-,9+,10-/m0/s1. The highest BCUT2D eigenvalue weighted by molar-refractivity contribution is 5.90. The Labute approximate surface area is 79.5 Å². The molecule has 0 aromatic carbocycles. The maximum Gasteiger partial charge on any atom is 0.146 e. The van der Waals surface area contributed by atoms with Crippen LogP contribution in [0.4, 0.5) is 0 Å². The summed E-state index contributed by atoms with van der Waals surface area (Å²) in [4.78, 5) is 12.0. The molecule has 3 atom stereocenters. The Morgan fingerprint density at radius 1 is 1.54 bits per heavy atom. The summed E-state index contributed by atoms with van der Waals surface area (Å²) in [5.41, 5.74) is -0.140. The van der Waals surface area contributed by atoms with Crippen LogP contribution in [-0.2, 0) is 4.79 Å². The van der Waals surface area contributed by atoms with Gasteiger partial charge in [0.05, 0.1) is 0 Å². The Kier molecular flexibility index (Phi) is 1.73. The van der Waals surface area contributed by atoms with Crippen LogP contribution in [0.3, 0.4) is 0 Å². The van der Waals surface area contributed by atoms with E-state index in [1.165, 1.54) is 0 Å². The van der Waals surface area contributed by atoms with Crippen molar-refractivity contribution in [2.45, 2.75) is 20.3 Å². The van der Waals surface area contributed by atoms with Crippen LogP contribution < -0.4 is 0 Å². The lowest BCUT2D eigenvalue weighted by molar-refractivity contribution is -0.137. The monoisotopic (exact) mass is 176 g/mol. The smallest absolute Gasteiger partial charge is 0.146 e. The van der Waals surface area contributed by atoms with Gasteiger partial charge in [0.15, 0.2) is 0 Å². The summed E-state index contributed by atoms with van der Waals surface area (Å²) in [7, 11) is 0. The molecule has 3 aliphatic rings. The molecule has 0 amide bonds. The predicted molar refractivity (Wildman–Crippen MR) is 53.2 cm³/mol. The van der Waals surface area contributed by atoms with Crippen molar-refractivity contribution >= 4 is 5.78 Å². The van der Waals surface area contributed by atoms with E-state index in [0.29, 0.717) is 17.6 Å². The first kappa shape index (κ1) is 8.74. The van der Waals surface area contributed by atoms with Crippen LogP contribution >= 0.6 is 0 Å². The molecule has 0 aromatic heterocycles. The van der Waals surface area contributed by atoms with Crippen molar-refractivity contribution in [3.8, 4) is 0 Å². The van der Waals surface area contributed by atoms with Crippen molar-refractivity contribution in [2.24, 2.45) is 23.2 Å². The summed E-state index contributed by atoms with van der Waals surface area (Å²) < 4.78 is 0. The summed E-state index contributed by atoms with van der Waals surface area (Å²) in [5.74, 6) is 1.32. The molecule has 3 aliphatic carbocycles. The first-order valence-electron chi connectivity index (χ1n) is 4.92. The van der Waals surface area contributed by atoms with Crippen LogP contribution in [0.2, 0.25) is 0 Å². The molecule has 0 aromatic rings. The molecule has 70 valence electrons. The van der Waals surface area contributed by atoms with Gasteiger partial charge >= 0.3 is 0 Å². The molecule has 0 heterocycles. The molecule has 0 saturated heterocycles. The topological polar surface area (TPSA) is 17.1 Å². The van der Waals surface area contributed by atoms with Gasteiger partial charge in [-0.05, 0) is 18.3 Å². The van der Waals surface area contributed by atoms with Crippen LogP contribution in [0.1, 0.15) is 20.3 Å². The van der Waals surface area contributed by atoms with Crippen LogP contribution in [0.15, 0.2) is 24.8 Å². The van der Waals surface area contributed by atoms with Crippen molar-refractivity contribution in [3.05, 3.63) is 24.8 Å². The SMILES string of the molecule is C=C[C@H]1C[C@H]2C=C[C@@H]1C(=O)C2(C)C. The molecular formula is C12H16O. The fourth-order valence-corrected chi connectivity index (χ4v) is 2.59. The van der Waals surface area contributed by atoms with Crippen molar-refractivity contribution in [1.82, 2.24) is 0 Å². The maximum absolute atomic E-state index is 12.0. The Hall–Kier alpha value is -0.850. The summed E-state index contributed by atoms with van der Waals surface area (Å²) >= 11 is 0. The number of carbonyl (C=O) groups is 1. The molecule has 1 saturated carbocycles. The summed E-state index contributed by atoms with van der Waals surface area (Å²) in [6.07, 6.45) is 7.33. The molecule has 0 radical (unpaired) electrons. The Morgan fingerprint density at radius 3 is 2.77 bits per heavy atom. The first-order chi connectivity index (χ1) is 6.07. The molecule has 1 nitrogen and oxygen atoms in total. The minimum Gasteiger partial charge on any atom is -0.298 e. The number of allylic oxidation sites excluding steroid dienone is 3. The quantitative estimate of drug-likeness (QED) is 0.561. The minimum atomic E-state index is -0.140. The lowest BCUT2D eigenvalue weighted by Crippen LogP contribution is -2.47. The van der Waals surface area contributed by atoms with Crippen molar-refractivity contribution in [2.75, 3.05) is 0 Å². The Balaban J connectivity index is 2.40. The molecule has 1 fully saturated rings. The number of hydrogen-bond donors (Lipinski definition) is 0. The summed E-state index contributed by atoms with van der Waals surface area (Å²) in [6, 6.07) is 0. The third kappa shape index (κ3) is 1.03. The van der Waals surface area contributed by atoms with Crippen LogP contribution in [0.25, 0.3) is 0 Å². The van der Waals surface area contributed by atoms with Crippen molar-refractivity contribution in [1.29, 1.82) is 0 Å². The Morgan fingerprint density at radius 2 is 2.23 bits per heavy atom. The number of Topliss-reactive ketones (excluding diaryl/α,β-unsaturated/α-hetero) is 1. The van der Waals surface area contributed by atoms with E-state index >= 15 is 0 Å². The van der Waals surface area contributed by atoms with Gasteiger partial charge in [-0.1, -0.05) is 32.1 Å². The average Bonchev–Trinajstić information content (AvgIpc) is 2.13. The third-order valence-corrected chi connectivity index (χ3v) is 3.71. The minimum absolute atomic E-state index is 0.109. The maximum atomic E-state index is 12.0. The molecule has 2 bridgehead atoms. The molecule has 0 aliphatic heterocycles. The third-order valence-electron chi connectivity index (χ3n) is 3.71. The van der Waals surface area contributed by atoms with Gasteiger partial charge in [-0.15, -0.1) is 6.58 Å². The number of ketones is 1. The molecular weight excluding hydrogens is 160 g/mol. The second kappa shape index (κ2) is 2.57. The highest BCUT2D eigenvalue weighted by Gasteiger charge is 2.48. The Bertz CT molecular complexity index is 285. The molecule has 0 spiro atoms. The largest absolute Gasteiger partial charge is 0.298 e. The predicted octanol–water partition coefficient (Wildman–Crippen LogP) is 2.59. The normalized spacial score (nSPS) is 40.8. The lowest BCUT2D eigenvalue weighted by Gasteiger charge is -2.46. The second-order valence-electron chi connectivity index (χ2n) is 4.74. The fraction of sp³-hybridized carbons (Fsp3) is 0.583. The zero-order valence-corrected chi connectivity index (χ0v) is 8.29. The second-order valence-corrected chi connectivity index (χ2v) is 4.74. The highest BCUT2D eigenvalue weighted by atomic mass is 16.1. The van der Waals surface area contributed by atoms with Gasteiger partial charge < -0.3 is 0 Å². The molecule has 13 heavy (non-hydrogen) atoms. The van der Waals surface area contributed by atoms with E-state index in [1.807, 2.05) is 6.08 Å². The van der Waals surface area contributed by atoms with Crippen LogP contribution in [0.5, 0.6) is 0 Å². The lowest BCUT2D eigenvalue weighted by atomic mass is 9.56. The molecule has 0 unspecified atom stereocenters. The molecule has 1 heteroatoms. The zero-order chi connectivity index (χ0) is 9.64. The first-order valence-corrected chi connectivity index (χ1v) is 4.92. The number of rotatable bonds is 1. The van der Waals surface area contributed by atoms with Crippen molar-refractivity contribution in [3.63, 3.8) is 0 Å². The van der Waals surface area contributed by atoms with Crippen LogP contribution in [-0.4, -0.2) is 5.78 Å². The number of hydrogen-bond acceptors (Lipinski definition) is 1. The van der Waals surface area contributed by atoms with Gasteiger partial charge in [-0.25, -0.2) is 0 Å². The van der Waals surface area contributed by atoms with Gasteiger partial charge in [0.2, 0.25) is 0 Å². The zero-order valence-electron chi connectivity index (χ0n) is 8.29. The van der Waals surface area contributed by atoms with E-state index in [0.717, 1.165) is 6.42 Å². The van der Waals surface area contributed by atoms with Gasteiger partial charge in [-0.3, -0.25) is 4.79 Å².